The Morgan fingerprint density at radius 3 is 2.50 bits per heavy atom. The summed E-state index contributed by atoms with van der Waals surface area (Å²) in [6.07, 6.45) is 0.301. The van der Waals surface area contributed by atoms with Gasteiger partial charge in [0.2, 0.25) is 5.91 Å². The number of fused-ring (bicyclic) bond motifs is 1. The van der Waals surface area contributed by atoms with Gasteiger partial charge in [-0.05, 0) is 36.4 Å². The molecule has 0 atom stereocenters. The molecule has 1 fully saturated rings. The molecule has 1 aromatic heterocycles. The molecule has 1 aliphatic heterocycles. The fraction of sp³-hybridized carbons (Fsp3) is 0.300. The Morgan fingerprint density at radius 2 is 1.75 bits per heavy atom. The number of amides is 1. The zero-order valence-corrected chi connectivity index (χ0v) is 17.4. The van der Waals surface area contributed by atoms with Crippen LogP contribution in [0, 0.1) is 0 Å². The molecule has 5 nitrogen and oxygen atoms in total. The maximum atomic E-state index is 12.7. The van der Waals surface area contributed by atoms with Crippen molar-refractivity contribution < 1.29 is 4.79 Å². The topological polar surface area (TPSA) is 45.6 Å². The summed E-state index contributed by atoms with van der Waals surface area (Å²) in [5.41, 5.74) is 1.87. The summed E-state index contributed by atoms with van der Waals surface area (Å²) in [6.45, 7) is 3.23. The maximum Gasteiger partial charge on any atom is 0.308 e. The first-order valence-electron chi connectivity index (χ1n) is 9.08. The number of aryl methyl sites for hydroxylation is 1. The first-order chi connectivity index (χ1) is 13.5. The summed E-state index contributed by atoms with van der Waals surface area (Å²) >= 11 is 13.3. The number of aromatic nitrogens is 1. The second kappa shape index (κ2) is 8.15. The molecule has 0 saturated carbocycles. The standard InChI is InChI=1S/C20H19Cl2N3O2S/c21-14-2-1-3-16(12-14)23-8-10-24(11-9-23)19(26)6-7-25-17-13-15(22)4-5-18(17)28-20(25)27/h1-5,12-13H,6-11H2. The molecule has 8 heteroatoms. The van der Waals surface area contributed by atoms with Gasteiger partial charge in [-0.2, -0.15) is 0 Å². The number of piperazine rings is 1. The molecule has 3 aromatic rings. The number of carbonyl (C=O) groups is 1. The van der Waals surface area contributed by atoms with Gasteiger partial charge in [-0.15, -0.1) is 0 Å². The number of hydrogen-bond acceptors (Lipinski definition) is 4. The van der Waals surface area contributed by atoms with Crippen LogP contribution < -0.4 is 9.77 Å². The minimum Gasteiger partial charge on any atom is -0.368 e. The molecule has 0 bridgehead atoms. The van der Waals surface area contributed by atoms with Gasteiger partial charge in [0.05, 0.1) is 10.2 Å². The number of benzene rings is 2. The molecule has 28 heavy (non-hydrogen) atoms. The lowest BCUT2D eigenvalue weighted by molar-refractivity contribution is -0.131. The zero-order chi connectivity index (χ0) is 19.7. The van der Waals surface area contributed by atoms with Crippen molar-refractivity contribution in [2.24, 2.45) is 0 Å². The van der Waals surface area contributed by atoms with E-state index in [4.69, 9.17) is 23.2 Å². The van der Waals surface area contributed by atoms with Crippen molar-refractivity contribution >= 4 is 56.3 Å². The lowest BCUT2D eigenvalue weighted by Gasteiger charge is -2.36. The van der Waals surface area contributed by atoms with Gasteiger partial charge in [0, 0.05) is 54.9 Å². The summed E-state index contributed by atoms with van der Waals surface area (Å²) in [5.74, 6) is 0.0685. The molecular formula is C20H19Cl2N3O2S. The van der Waals surface area contributed by atoms with E-state index in [1.165, 1.54) is 11.3 Å². The van der Waals surface area contributed by atoms with Crippen molar-refractivity contribution in [1.29, 1.82) is 0 Å². The largest absolute Gasteiger partial charge is 0.368 e. The predicted octanol–water partition coefficient (Wildman–Crippen LogP) is 4.11. The van der Waals surface area contributed by atoms with Crippen LogP contribution in [0.5, 0.6) is 0 Å². The minimum atomic E-state index is -0.0594. The van der Waals surface area contributed by atoms with Crippen LogP contribution in [0.25, 0.3) is 10.2 Å². The summed E-state index contributed by atoms with van der Waals surface area (Å²) < 4.78 is 2.53. The first kappa shape index (κ1) is 19.3. The SMILES string of the molecule is O=C(CCn1c(=O)sc2ccc(Cl)cc21)N1CCN(c2cccc(Cl)c2)CC1. The van der Waals surface area contributed by atoms with Crippen LogP contribution in [0.3, 0.4) is 0 Å². The van der Waals surface area contributed by atoms with E-state index < -0.39 is 0 Å². The second-order valence-electron chi connectivity index (χ2n) is 6.73. The van der Waals surface area contributed by atoms with Crippen LogP contribution in [-0.4, -0.2) is 41.6 Å². The monoisotopic (exact) mass is 435 g/mol. The highest BCUT2D eigenvalue weighted by atomic mass is 35.5. The van der Waals surface area contributed by atoms with E-state index in [0.717, 1.165) is 29.0 Å². The van der Waals surface area contributed by atoms with Gasteiger partial charge in [0.25, 0.3) is 0 Å². The highest BCUT2D eigenvalue weighted by Crippen LogP contribution is 2.23. The van der Waals surface area contributed by atoms with Gasteiger partial charge >= 0.3 is 4.87 Å². The van der Waals surface area contributed by atoms with Crippen molar-refractivity contribution in [2.45, 2.75) is 13.0 Å². The summed E-state index contributed by atoms with van der Waals surface area (Å²) in [4.78, 5) is 29.0. The van der Waals surface area contributed by atoms with Gasteiger partial charge in [0.15, 0.2) is 0 Å². The van der Waals surface area contributed by atoms with Crippen LogP contribution >= 0.6 is 34.5 Å². The molecule has 1 saturated heterocycles. The number of thiazole rings is 1. The molecule has 0 aliphatic carbocycles. The maximum absolute atomic E-state index is 12.7. The summed E-state index contributed by atoms with van der Waals surface area (Å²) in [6, 6.07) is 13.2. The normalized spacial score (nSPS) is 14.6. The van der Waals surface area contributed by atoms with Gasteiger partial charge < -0.3 is 9.80 Å². The molecule has 2 heterocycles. The predicted molar refractivity (Wildman–Crippen MR) is 116 cm³/mol. The van der Waals surface area contributed by atoms with Gasteiger partial charge in [-0.3, -0.25) is 14.2 Å². The Bertz CT molecular complexity index is 1070. The zero-order valence-electron chi connectivity index (χ0n) is 15.1. The number of hydrogen-bond donors (Lipinski definition) is 0. The Balaban J connectivity index is 1.37. The van der Waals surface area contributed by atoms with E-state index in [2.05, 4.69) is 4.90 Å². The fourth-order valence-corrected chi connectivity index (χ4v) is 4.75. The molecule has 0 spiro atoms. The molecular weight excluding hydrogens is 417 g/mol. The quantitative estimate of drug-likeness (QED) is 0.619. The highest BCUT2D eigenvalue weighted by Gasteiger charge is 2.21. The van der Waals surface area contributed by atoms with Crippen molar-refractivity contribution in [3.8, 4) is 0 Å². The third-order valence-corrected chi connectivity index (χ3v) is 6.41. The molecule has 1 aliphatic rings. The van der Waals surface area contributed by atoms with Crippen LogP contribution in [-0.2, 0) is 11.3 Å². The van der Waals surface area contributed by atoms with Crippen molar-refractivity contribution in [2.75, 3.05) is 31.1 Å². The molecule has 0 unspecified atom stereocenters. The Kier molecular flexibility index (Phi) is 5.62. The summed E-state index contributed by atoms with van der Waals surface area (Å²) in [7, 11) is 0. The van der Waals surface area contributed by atoms with Crippen LogP contribution in [0.1, 0.15) is 6.42 Å². The average molecular weight is 436 g/mol. The lowest BCUT2D eigenvalue weighted by Crippen LogP contribution is -2.49. The first-order valence-corrected chi connectivity index (χ1v) is 10.7. The smallest absolute Gasteiger partial charge is 0.308 e. The number of halogens is 2. The third kappa shape index (κ3) is 4.04. The molecule has 2 aromatic carbocycles. The lowest BCUT2D eigenvalue weighted by atomic mass is 10.2. The third-order valence-electron chi connectivity index (χ3n) is 4.98. The van der Waals surface area contributed by atoms with Crippen LogP contribution in [0.2, 0.25) is 10.0 Å². The molecule has 0 N–H and O–H groups in total. The Labute approximate surface area is 176 Å². The average Bonchev–Trinajstić information content (AvgIpc) is 3.00. The van der Waals surface area contributed by atoms with E-state index in [-0.39, 0.29) is 10.8 Å². The van der Waals surface area contributed by atoms with Crippen molar-refractivity contribution in [3.05, 3.63) is 62.2 Å². The molecule has 146 valence electrons. The molecule has 4 rings (SSSR count). The van der Waals surface area contributed by atoms with Crippen LogP contribution in [0.15, 0.2) is 47.3 Å². The summed E-state index contributed by atoms with van der Waals surface area (Å²) in [5, 5.41) is 1.30. The van der Waals surface area contributed by atoms with E-state index >= 15 is 0 Å². The van der Waals surface area contributed by atoms with Crippen molar-refractivity contribution in [1.82, 2.24) is 9.47 Å². The number of carbonyl (C=O) groups excluding carboxylic acids is 1. The fourth-order valence-electron chi connectivity index (χ4n) is 3.50. The van der Waals surface area contributed by atoms with Crippen LogP contribution in [0.4, 0.5) is 5.69 Å². The number of anilines is 1. The van der Waals surface area contributed by atoms with Crippen molar-refractivity contribution in [3.63, 3.8) is 0 Å². The minimum absolute atomic E-state index is 0.0594. The van der Waals surface area contributed by atoms with E-state index in [0.29, 0.717) is 36.1 Å². The van der Waals surface area contributed by atoms with E-state index in [9.17, 15) is 9.59 Å². The Morgan fingerprint density at radius 1 is 1.00 bits per heavy atom. The second-order valence-corrected chi connectivity index (χ2v) is 8.60. The molecule has 1 amide bonds. The Hall–Kier alpha value is -2.02. The molecule has 0 radical (unpaired) electrons. The van der Waals surface area contributed by atoms with Gasteiger partial charge in [-0.25, -0.2) is 0 Å². The number of rotatable bonds is 4. The van der Waals surface area contributed by atoms with Gasteiger partial charge in [0.1, 0.15) is 0 Å². The highest BCUT2D eigenvalue weighted by molar-refractivity contribution is 7.16. The number of nitrogens with zero attached hydrogens (tertiary/aromatic N) is 3. The van der Waals surface area contributed by atoms with E-state index in [1.807, 2.05) is 35.2 Å². The van der Waals surface area contributed by atoms with E-state index in [1.54, 1.807) is 16.7 Å². The van der Waals surface area contributed by atoms with Gasteiger partial charge in [-0.1, -0.05) is 40.6 Å².